The quantitative estimate of drug-likeness (QED) is 0.399. The summed E-state index contributed by atoms with van der Waals surface area (Å²) in [5.74, 6) is -1.19. The standard InChI is InChI=1S/C6H7F3N2.4C2H6/c1-3-10-5(11-4-2)6(7,8)9;4*1-2/h3-4H,1H2,2H3;4*1-2H3. The second-order valence-corrected chi connectivity index (χ2v) is 1.52. The van der Waals surface area contributed by atoms with Gasteiger partial charge < -0.3 is 0 Å². The molecule has 0 N–H and O–H groups in total. The third-order valence-corrected chi connectivity index (χ3v) is 0.719. The van der Waals surface area contributed by atoms with E-state index in [-0.39, 0.29) is 0 Å². The first kappa shape index (κ1) is 30.7. The Bertz CT molecular complexity index is 195. The highest BCUT2D eigenvalue weighted by atomic mass is 19.4. The maximum Gasteiger partial charge on any atom is 0.451 e. The molecular formula is C14H31F3N2. The summed E-state index contributed by atoms with van der Waals surface area (Å²) in [6, 6.07) is 0. The van der Waals surface area contributed by atoms with Crippen LogP contribution >= 0.6 is 0 Å². The highest BCUT2D eigenvalue weighted by Gasteiger charge is 2.35. The van der Waals surface area contributed by atoms with Gasteiger partial charge in [0.05, 0.1) is 0 Å². The SMILES string of the molecule is C=CN=C(N=CC)C(F)(F)F.CC.CC.CC.CC. The summed E-state index contributed by atoms with van der Waals surface area (Å²) in [7, 11) is 0. The molecule has 118 valence electrons. The first-order chi connectivity index (χ1) is 9.02. The summed E-state index contributed by atoms with van der Waals surface area (Å²) in [5.41, 5.74) is 0. The number of nitrogens with zero attached hydrogens (tertiary/aromatic N) is 2. The Kier molecular flexibility index (Phi) is 48.7. The molecule has 19 heavy (non-hydrogen) atoms. The van der Waals surface area contributed by atoms with Crippen molar-refractivity contribution in [1.82, 2.24) is 0 Å². The Morgan fingerprint density at radius 3 is 1.37 bits per heavy atom. The molecule has 0 spiro atoms. The molecule has 0 saturated carbocycles. The minimum Gasteiger partial charge on any atom is -0.238 e. The molecule has 2 nitrogen and oxygen atoms in total. The number of amidine groups is 1. The monoisotopic (exact) mass is 284 g/mol. The molecule has 0 aliphatic carbocycles. The molecule has 0 rings (SSSR count). The van der Waals surface area contributed by atoms with Gasteiger partial charge in [0.25, 0.3) is 0 Å². The van der Waals surface area contributed by atoms with Crippen LogP contribution in [0.5, 0.6) is 0 Å². The number of alkyl halides is 3. The maximum absolute atomic E-state index is 11.8. The second-order valence-electron chi connectivity index (χ2n) is 1.52. The highest BCUT2D eigenvalue weighted by Crippen LogP contribution is 2.17. The van der Waals surface area contributed by atoms with Crippen molar-refractivity contribution in [2.75, 3.05) is 0 Å². The van der Waals surface area contributed by atoms with Gasteiger partial charge in [0.15, 0.2) is 0 Å². The lowest BCUT2D eigenvalue weighted by Gasteiger charge is -2.02. The van der Waals surface area contributed by atoms with Gasteiger partial charge in [-0.15, -0.1) is 0 Å². The fourth-order valence-corrected chi connectivity index (χ4v) is 0.388. The highest BCUT2D eigenvalue weighted by molar-refractivity contribution is 5.93. The van der Waals surface area contributed by atoms with Crippen molar-refractivity contribution in [3.05, 3.63) is 12.8 Å². The maximum atomic E-state index is 11.8. The molecule has 0 aliphatic heterocycles. The third kappa shape index (κ3) is 31.6. The lowest BCUT2D eigenvalue weighted by Crippen LogP contribution is -2.20. The van der Waals surface area contributed by atoms with E-state index < -0.39 is 12.0 Å². The summed E-state index contributed by atoms with van der Waals surface area (Å²) < 4.78 is 35.4. The molecular weight excluding hydrogens is 253 g/mol. The van der Waals surface area contributed by atoms with Crippen LogP contribution in [0.3, 0.4) is 0 Å². The Morgan fingerprint density at radius 2 is 1.21 bits per heavy atom. The molecule has 0 atom stereocenters. The minimum atomic E-state index is -4.50. The molecule has 0 aromatic rings. The molecule has 0 aromatic carbocycles. The molecule has 0 bridgehead atoms. The van der Waals surface area contributed by atoms with E-state index in [1.165, 1.54) is 6.92 Å². The molecule has 0 radical (unpaired) electrons. The van der Waals surface area contributed by atoms with Gasteiger partial charge in [-0.05, 0) is 6.92 Å². The Balaban J connectivity index is -0.0000000693. The number of hydrogen-bond donors (Lipinski definition) is 0. The molecule has 0 unspecified atom stereocenters. The van der Waals surface area contributed by atoms with Gasteiger partial charge in [-0.2, -0.15) is 13.2 Å². The van der Waals surface area contributed by atoms with E-state index in [1.54, 1.807) is 0 Å². The molecule has 0 aliphatic rings. The smallest absolute Gasteiger partial charge is 0.238 e. The van der Waals surface area contributed by atoms with Crippen molar-refractivity contribution in [2.24, 2.45) is 9.98 Å². The zero-order valence-corrected chi connectivity index (χ0v) is 13.9. The number of rotatable bonds is 1. The summed E-state index contributed by atoms with van der Waals surface area (Å²) in [6.07, 6.45) is -2.67. The molecule has 0 fully saturated rings. The van der Waals surface area contributed by atoms with Crippen molar-refractivity contribution >= 4 is 12.1 Å². The Morgan fingerprint density at radius 1 is 0.895 bits per heavy atom. The van der Waals surface area contributed by atoms with Crippen LogP contribution in [-0.2, 0) is 0 Å². The van der Waals surface area contributed by atoms with Crippen molar-refractivity contribution in [3.8, 4) is 0 Å². The van der Waals surface area contributed by atoms with E-state index in [4.69, 9.17) is 0 Å². The normalized spacial score (nSPS) is 9.37. The predicted octanol–water partition coefficient (Wildman–Crippen LogP) is 6.29. The van der Waals surface area contributed by atoms with E-state index in [0.717, 1.165) is 12.4 Å². The van der Waals surface area contributed by atoms with Crippen molar-refractivity contribution < 1.29 is 13.2 Å². The van der Waals surface area contributed by atoms with Gasteiger partial charge in [-0.25, -0.2) is 9.98 Å². The van der Waals surface area contributed by atoms with Crippen LogP contribution < -0.4 is 0 Å². The van der Waals surface area contributed by atoms with Crippen LogP contribution in [0.15, 0.2) is 22.8 Å². The zero-order chi connectivity index (χ0) is 16.9. The van der Waals surface area contributed by atoms with Crippen LogP contribution in [-0.4, -0.2) is 18.2 Å². The van der Waals surface area contributed by atoms with Crippen molar-refractivity contribution in [2.45, 2.75) is 68.5 Å². The van der Waals surface area contributed by atoms with Gasteiger partial charge in [0.1, 0.15) is 0 Å². The second kappa shape index (κ2) is 30.2. The summed E-state index contributed by atoms with van der Waals surface area (Å²) in [6.45, 7) is 20.4. The van der Waals surface area contributed by atoms with Gasteiger partial charge in [-0.1, -0.05) is 62.0 Å². The van der Waals surface area contributed by atoms with Gasteiger partial charge in [-0.3, -0.25) is 0 Å². The van der Waals surface area contributed by atoms with Crippen molar-refractivity contribution in [3.63, 3.8) is 0 Å². The fraction of sp³-hybridized carbons (Fsp3) is 0.714. The van der Waals surface area contributed by atoms with Crippen LogP contribution in [0, 0.1) is 0 Å². The summed E-state index contributed by atoms with van der Waals surface area (Å²) in [4.78, 5) is 5.96. The van der Waals surface area contributed by atoms with Crippen LogP contribution in [0.25, 0.3) is 0 Å². The minimum absolute atomic E-state index is 0.801. The van der Waals surface area contributed by atoms with Crippen LogP contribution in [0.1, 0.15) is 62.3 Å². The van der Waals surface area contributed by atoms with E-state index >= 15 is 0 Å². The average molecular weight is 284 g/mol. The molecule has 0 heterocycles. The molecule has 0 aromatic heterocycles. The lowest BCUT2D eigenvalue weighted by atomic mass is 10.6. The van der Waals surface area contributed by atoms with E-state index in [2.05, 4.69) is 16.6 Å². The fourth-order valence-electron chi connectivity index (χ4n) is 0.388. The molecule has 0 saturated heterocycles. The van der Waals surface area contributed by atoms with Gasteiger partial charge in [0, 0.05) is 12.4 Å². The number of aliphatic imine (C=N–C) groups is 2. The Labute approximate surface area is 117 Å². The number of hydrogen-bond acceptors (Lipinski definition) is 1. The first-order valence-electron chi connectivity index (χ1n) is 6.77. The zero-order valence-electron chi connectivity index (χ0n) is 13.9. The molecule has 5 heteroatoms. The van der Waals surface area contributed by atoms with Gasteiger partial charge in [0.2, 0.25) is 5.84 Å². The van der Waals surface area contributed by atoms with Crippen LogP contribution in [0.2, 0.25) is 0 Å². The van der Waals surface area contributed by atoms with E-state index in [9.17, 15) is 13.2 Å². The van der Waals surface area contributed by atoms with Gasteiger partial charge >= 0.3 is 6.18 Å². The lowest BCUT2D eigenvalue weighted by molar-refractivity contribution is -0.0596. The predicted molar refractivity (Wildman–Crippen MR) is 83.2 cm³/mol. The average Bonchev–Trinajstić information content (AvgIpc) is 2.46. The van der Waals surface area contributed by atoms with Crippen molar-refractivity contribution in [1.29, 1.82) is 0 Å². The molecule has 0 amide bonds. The third-order valence-electron chi connectivity index (χ3n) is 0.719. The summed E-state index contributed by atoms with van der Waals surface area (Å²) >= 11 is 0. The van der Waals surface area contributed by atoms with E-state index in [1.807, 2.05) is 55.4 Å². The first-order valence-corrected chi connectivity index (χ1v) is 6.77. The topological polar surface area (TPSA) is 24.7 Å². The number of halogens is 3. The van der Waals surface area contributed by atoms with Crippen LogP contribution in [0.4, 0.5) is 13.2 Å². The largest absolute Gasteiger partial charge is 0.451 e. The summed E-state index contributed by atoms with van der Waals surface area (Å²) in [5, 5.41) is 0. The Hall–Kier alpha value is -1.13. The van der Waals surface area contributed by atoms with E-state index in [0.29, 0.717) is 0 Å².